The lowest BCUT2D eigenvalue weighted by molar-refractivity contribution is 1.01. The molecule has 2 aromatic carbocycles. The minimum Gasteiger partial charge on any atom is -0.370 e. The molecule has 0 aliphatic carbocycles. The van der Waals surface area contributed by atoms with Crippen LogP contribution in [0.3, 0.4) is 0 Å². The smallest absolute Gasteiger partial charge is 0.129 e. The van der Waals surface area contributed by atoms with Crippen LogP contribution in [0.5, 0.6) is 0 Å². The Morgan fingerprint density at radius 3 is 2.67 bits per heavy atom. The van der Waals surface area contributed by atoms with Crippen LogP contribution in [0, 0.1) is 11.3 Å². The van der Waals surface area contributed by atoms with E-state index >= 15 is 0 Å². The van der Waals surface area contributed by atoms with Crippen molar-refractivity contribution in [3.63, 3.8) is 0 Å². The van der Waals surface area contributed by atoms with Crippen LogP contribution in [-0.2, 0) is 6.42 Å². The standard InChI is InChI=1S/C17H14N4/c18-11-14-6-5-13(15-3-1-2-4-16(14)15)7-10-20-17-8-9-19-12-21-17/h1-6,8-9,12H,7,10H2,(H,19,20,21). The normalized spacial score (nSPS) is 10.2. The molecule has 1 heterocycles. The number of rotatable bonds is 4. The van der Waals surface area contributed by atoms with Gasteiger partial charge < -0.3 is 5.32 Å². The fourth-order valence-corrected chi connectivity index (χ4v) is 2.40. The molecule has 4 nitrogen and oxygen atoms in total. The van der Waals surface area contributed by atoms with Gasteiger partial charge in [0, 0.05) is 12.7 Å². The molecule has 0 aliphatic rings. The highest BCUT2D eigenvalue weighted by Crippen LogP contribution is 2.22. The molecule has 1 aromatic heterocycles. The maximum atomic E-state index is 9.17. The average molecular weight is 274 g/mol. The van der Waals surface area contributed by atoms with Crippen molar-refractivity contribution in [2.45, 2.75) is 6.42 Å². The molecule has 3 rings (SSSR count). The van der Waals surface area contributed by atoms with Gasteiger partial charge in [-0.25, -0.2) is 9.97 Å². The lowest BCUT2D eigenvalue weighted by Crippen LogP contribution is -2.06. The van der Waals surface area contributed by atoms with Gasteiger partial charge in [0.05, 0.1) is 11.6 Å². The Balaban J connectivity index is 1.80. The van der Waals surface area contributed by atoms with Crippen LogP contribution in [0.2, 0.25) is 0 Å². The number of hydrogen-bond donors (Lipinski definition) is 1. The topological polar surface area (TPSA) is 61.6 Å². The summed E-state index contributed by atoms with van der Waals surface area (Å²) < 4.78 is 0. The van der Waals surface area contributed by atoms with Gasteiger partial charge in [-0.05, 0) is 34.9 Å². The van der Waals surface area contributed by atoms with E-state index in [9.17, 15) is 5.26 Å². The lowest BCUT2D eigenvalue weighted by Gasteiger charge is -2.09. The minimum atomic E-state index is 0.720. The maximum absolute atomic E-state index is 9.17. The molecule has 0 bridgehead atoms. The number of fused-ring (bicyclic) bond motifs is 1. The Bertz CT molecular complexity index is 791. The molecule has 0 radical (unpaired) electrons. The molecule has 102 valence electrons. The van der Waals surface area contributed by atoms with Crippen LogP contribution in [-0.4, -0.2) is 16.5 Å². The summed E-state index contributed by atoms with van der Waals surface area (Å²) in [5.41, 5.74) is 1.95. The van der Waals surface area contributed by atoms with Crippen LogP contribution < -0.4 is 5.32 Å². The predicted molar refractivity (Wildman–Crippen MR) is 82.9 cm³/mol. The number of benzene rings is 2. The van der Waals surface area contributed by atoms with Crippen molar-refractivity contribution in [2.24, 2.45) is 0 Å². The molecular weight excluding hydrogens is 260 g/mol. The van der Waals surface area contributed by atoms with E-state index in [1.54, 1.807) is 6.20 Å². The van der Waals surface area contributed by atoms with E-state index in [1.807, 2.05) is 36.4 Å². The highest BCUT2D eigenvalue weighted by atomic mass is 15.0. The Hall–Kier alpha value is -2.93. The number of anilines is 1. The van der Waals surface area contributed by atoms with E-state index in [1.165, 1.54) is 11.9 Å². The molecule has 0 unspecified atom stereocenters. The summed E-state index contributed by atoms with van der Waals surface area (Å²) >= 11 is 0. The summed E-state index contributed by atoms with van der Waals surface area (Å²) in [6, 6.07) is 16.0. The van der Waals surface area contributed by atoms with Crippen LogP contribution in [0.25, 0.3) is 10.8 Å². The van der Waals surface area contributed by atoms with Gasteiger partial charge in [0.1, 0.15) is 12.1 Å². The largest absolute Gasteiger partial charge is 0.370 e. The number of nitriles is 1. The van der Waals surface area contributed by atoms with E-state index in [0.717, 1.165) is 35.1 Å². The Kier molecular flexibility index (Phi) is 3.74. The Morgan fingerprint density at radius 1 is 1.05 bits per heavy atom. The molecule has 0 amide bonds. The minimum absolute atomic E-state index is 0.720. The summed E-state index contributed by atoms with van der Waals surface area (Å²) in [6.07, 6.45) is 4.11. The number of nitrogens with zero attached hydrogens (tertiary/aromatic N) is 3. The molecule has 0 fully saturated rings. The van der Waals surface area contributed by atoms with Gasteiger partial charge in [0.15, 0.2) is 0 Å². The fraction of sp³-hybridized carbons (Fsp3) is 0.118. The monoisotopic (exact) mass is 274 g/mol. The molecule has 4 heteroatoms. The number of nitrogens with one attached hydrogen (secondary N) is 1. The molecular formula is C17H14N4. The zero-order chi connectivity index (χ0) is 14.5. The second-order valence-electron chi connectivity index (χ2n) is 4.70. The molecule has 0 saturated carbocycles. The van der Waals surface area contributed by atoms with Gasteiger partial charge in [-0.2, -0.15) is 5.26 Å². The van der Waals surface area contributed by atoms with Crippen LogP contribution in [0.15, 0.2) is 55.0 Å². The first-order valence-corrected chi connectivity index (χ1v) is 6.79. The molecule has 1 N–H and O–H groups in total. The first-order valence-electron chi connectivity index (χ1n) is 6.79. The first kappa shape index (κ1) is 13.1. The zero-order valence-corrected chi connectivity index (χ0v) is 11.5. The summed E-state index contributed by atoms with van der Waals surface area (Å²) in [5.74, 6) is 0.822. The Morgan fingerprint density at radius 2 is 1.90 bits per heavy atom. The summed E-state index contributed by atoms with van der Waals surface area (Å²) in [4.78, 5) is 8.02. The Labute approximate surface area is 123 Å². The summed E-state index contributed by atoms with van der Waals surface area (Å²) in [7, 11) is 0. The summed E-state index contributed by atoms with van der Waals surface area (Å²) in [6.45, 7) is 0.785. The third kappa shape index (κ3) is 2.82. The van der Waals surface area contributed by atoms with Crippen molar-refractivity contribution in [3.8, 4) is 6.07 Å². The van der Waals surface area contributed by atoms with E-state index < -0.39 is 0 Å². The molecule has 21 heavy (non-hydrogen) atoms. The van der Waals surface area contributed by atoms with E-state index in [0.29, 0.717) is 0 Å². The average Bonchev–Trinajstić information content (AvgIpc) is 2.56. The predicted octanol–water partition coefficient (Wildman–Crippen LogP) is 3.16. The SMILES string of the molecule is N#Cc1ccc(CCNc2ccncn2)c2ccccc12. The molecule has 0 saturated heterocycles. The van der Waals surface area contributed by atoms with Gasteiger partial charge in [-0.3, -0.25) is 0 Å². The van der Waals surface area contributed by atoms with Gasteiger partial charge in [-0.1, -0.05) is 30.3 Å². The number of hydrogen-bond acceptors (Lipinski definition) is 4. The maximum Gasteiger partial charge on any atom is 0.129 e. The van der Waals surface area contributed by atoms with Gasteiger partial charge in [0.2, 0.25) is 0 Å². The molecule has 3 aromatic rings. The van der Waals surface area contributed by atoms with E-state index in [2.05, 4.69) is 27.4 Å². The quantitative estimate of drug-likeness (QED) is 0.793. The highest BCUT2D eigenvalue weighted by molar-refractivity contribution is 5.90. The van der Waals surface area contributed by atoms with E-state index in [4.69, 9.17) is 0 Å². The van der Waals surface area contributed by atoms with Crippen molar-refractivity contribution in [3.05, 3.63) is 66.1 Å². The van der Waals surface area contributed by atoms with Gasteiger partial charge in [0.25, 0.3) is 0 Å². The third-order valence-corrected chi connectivity index (χ3v) is 3.42. The van der Waals surface area contributed by atoms with Gasteiger partial charge >= 0.3 is 0 Å². The van der Waals surface area contributed by atoms with Crippen molar-refractivity contribution in [1.29, 1.82) is 5.26 Å². The molecule has 0 spiro atoms. The van der Waals surface area contributed by atoms with Crippen LogP contribution >= 0.6 is 0 Å². The van der Waals surface area contributed by atoms with E-state index in [-0.39, 0.29) is 0 Å². The van der Waals surface area contributed by atoms with Crippen molar-refractivity contribution in [1.82, 2.24) is 9.97 Å². The third-order valence-electron chi connectivity index (χ3n) is 3.42. The lowest BCUT2D eigenvalue weighted by atomic mass is 9.98. The number of aromatic nitrogens is 2. The zero-order valence-electron chi connectivity index (χ0n) is 11.5. The van der Waals surface area contributed by atoms with Crippen LogP contribution in [0.1, 0.15) is 11.1 Å². The molecule has 0 atom stereocenters. The van der Waals surface area contributed by atoms with Crippen molar-refractivity contribution in [2.75, 3.05) is 11.9 Å². The highest BCUT2D eigenvalue weighted by Gasteiger charge is 2.05. The summed E-state index contributed by atoms with van der Waals surface area (Å²) in [5, 5.41) is 14.6. The second-order valence-corrected chi connectivity index (χ2v) is 4.70. The first-order chi connectivity index (χ1) is 10.4. The van der Waals surface area contributed by atoms with Gasteiger partial charge in [-0.15, -0.1) is 0 Å². The van der Waals surface area contributed by atoms with Crippen LogP contribution in [0.4, 0.5) is 5.82 Å². The second kappa shape index (κ2) is 6.02. The fourth-order valence-electron chi connectivity index (χ4n) is 2.40. The molecule has 0 aliphatic heterocycles. The van der Waals surface area contributed by atoms with Crippen molar-refractivity contribution >= 4 is 16.6 Å². The van der Waals surface area contributed by atoms with Crippen molar-refractivity contribution < 1.29 is 0 Å².